The van der Waals surface area contributed by atoms with Crippen LogP contribution >= 0.6 is 11.3 Å². The number of hydrogen-bond donors (Lipinski definition) is 2. The minimum atomic E-state index is -0.449. The molecule has 4 heterocycles. The summed E-state index contributed by atoms with van der Waals surface area (Å²) in [6.07, 6.45) is 5.36. The Kier molecular flexibility index (Phi) is 6.03. The lowest BCUT2D eigenvalue weighted by Gasteiger charge is -2.34. The highest BCUT2D eigenvalue weighted by molar-refractivity contribution is 7.14. The number of nitrogens with one attached hydrogen (secondary N) is 2. The van der Waals surface area contributed by atoms with Crippen molar-refractivity contribution in [2.75, 3.05) is 38.6 Å². The molecule has 2 aliphatic heterocycles. The molecule has 2 aromatic rings. The van der Waals surface area contributed by atoms with Crippen molar-refractivity contribution in [1.29, 1.82) is 0 Å². The summed E-state index contributed by atoms with van der Waals surface area (Å²) in [6.45, 7) is 2.77. The van der Waals surface area contributed by atoms with Gasteiger partial charge in [-0.1, -0.05) is 0 Å². The summed E-state index contributed by atoms with van der Waals surface area (Å²) in [5.41, 5.74) is 1.75. The van der Waals surface area contributed by atoms with Gasteiger partial charge in [-0.3, -0.25) is 4.79 Å². The van der Waals surface area contributed by atoms with Crippen LogP contribution in [0.2, 0.25) is 0 Å². The van der Waals surface area contributed by atoms with E-state index in [1.807, 2.05) is 10.3 Å². The standard InChI is InChI=1S/C20H25N5O4S/c1-29-18(27)15-9-14(10-21-15)16-12-30-19(22-16)23-17(26)13-5-4-8-25(11-13)20(28)24-6-2-3-7-24/h9-10,12-13,21H,2-8,11H2,1H3,(H,22,23,26). The highest BCUT2D eigenvalue weighted by atomic mass is 32.1. The number of anilines is 1. The Morgan fingerprint density at radius 2 is 1.97 bits per heavy atom. The van der Waals surface area contributed by atoms with Crippen LogP contribution < -0.4 is 5.32 Å². The fourth-order valence-electron chi connectivity index (χ4n) is 3.91. The number of aromatic amines is 1. The van der Waals surface area contributed by atoms with Crippen LogP contribution in [0.4, 0.5) is 9.93 Å². The molecule has 2 saturated heterocycles. The first-order valence-electron chi connectivity index (χ1n) is 10.1. The van der Waals surface area contributed by atoms with E-state index >= 15 is 0 Å². The average Bonchev–Trinajstić information content (AvgIpc) is 3.54. The predicted molar refractivity (Wildman–Crippen MR) is 112 cm³/mol. The lowest BCUT2D eigenvalue weighted by atomic mass is 9.97. The van der Waals surface area contributed by atoms with Crippen molar-refractivity contribution in [1.82, 2.24) is 19.8 Å². The Labute approximate surface area is 178 Å². The van der Waals surface area contributed by atoms with Crippen LogP contribution in [0.1, 0.15) is 36.2 Å². The molecule has 0 aliphatic carbocycles. The molecular formula is C20H25N5O4S. The zero-order chi connectivity index (χ0) is 21.1. The fourth-order valence-corrected chi connectivity index (χ4v) is 4.64. The molecule has 1 atom stereocenters. The summed E-state index contributed by atoms with van der Waals surface area (Å²) >= 11 is 1.33. The van der Waals surface area contributed by atoms with E-state index in [-0.39, 0.29) is 17.9 Å². The molecular weight excluding hydrogens is 406 g/mol. The third-order valence-corrected chi connectivity index (χ3v) is 6.32. The third kappa shape index (κ3) is 4.33. The van der Waals surface area contributed by atoms with E-state index in [2.05, 4.69) is 15.3 Å². The van der Waals surface area contributed by atoms with Crippen LogP contribution in [-0.2, 0) is 9.53 Å². The second-order valence-corrected chi connectivity index (χ2v) is 8.44. The molecule has 2 aliphatic rings. The number of nitrogens with zero attached hydrogens (tertiary/aromatic N) is 3. The molecule has 3 amide bonds. The average molecular weight is 432 g/mol. The maximum atomic E-state index is 12.8. The molecule has 1 unspecified atom stereocenters. The van der Waals surface area contributed by atoms with Crippen molar-refractivity contribution in [3.05, 3.63) is 23.3 Å². The van der Waals surface area contributed by atoms with Crippen molar-refractivity contribution < 1.29 is 19.1 Å². The zero-order valence-corrected chi connectivity index (χ0v) is 17.7. The number of ether oxygens (including phenoxy) is 1. The first-order valence-corrected chi connectivity index (χ1v) is 11.0. The Morgan fingerprint density at radius 1 is 1.20 bits per heavy atom. The second kappa shape index (κ2) is 8.86. The van der Waals surface area contributed by atoms with Crippen molar-refractivity contribution in [3.8, 4) is 11.3 Å². The van der Waals surface area contributed by atoms with Gasteiger partial charge in [0.2, 0.25) is 5.91 Å². The smallest absolute Gasteiger partial charge is 0.354 e. The van der Waals surface area contributed by atoms with Gasteiger partial charge < -0.3 is 24.8 Å². The van der Waals surface area contributed by atoms with Gasteiger partial charge >= 0.3 is 12.0 Å². The number of H-pyrrole nitrogens is 1. The van der Waals surface area contributed by atoms with Gasteiger partial charge in [-0.05, 0) is 31.7 Å². The van der Waals surface area contributed by atoms with Crippen LogP contribution in [0.25, 0.3) is 11.3 Å². The SMILES string of the molecule is COC(=O)c1cc(-c2csc(NC(=O)C3CCCN(C(=O)N4CCCC4)C3)n2)c[nH]1. The number of aromatic nitrogens is 2. The number of amides is 3. The Bertz CT molecular complexity index is 933. The van der Waals surface area contributed by atoms with E-state index in [0.717, 1.165) is 44.3 Å². The van der Waals surface area contributed by atoms with Gasteiger partial charge in [-0.15, -0.1) is 11.3 Å². The predicted octanol–water partition coefficient (Wildman–Crippen LogP) is 2.79. The molecule has 10 heteroatoms. The molecule has 0 radical (unpaired) electrons. The minimum Gasteiger partial charge on any atom is -0.464 e. The van der Waals surface area contributed by atoms with Gasteiger partial charge in [0.25, 0.3) is 0 Å². The van der Waals surface area contributed by atoms with Crippen molar-refractivity contribution >= 4 is 34.4 Å². The summed E-state index contributed by atoms with van der Waals surface area (Å²) in [7, 11) is 1.32. The van der Waals surface area contributed by atoms with Gasteiger partial charge in [0, 0.05) is 43.3 Å². The van der Waals surface area contributed by atoms with E-state index in [1.54, 1.807) is 17.2 Å². The van der Waals surface area contributed by atoms with Gasteiger partial charge in [0.15, 0.2) is 5.13 Å². The quantitative estimate of drug-likeness (QED) is 0.724. The number of likely N-dealkylation sites (tertiary alicyclic amines) is 2. The lowest BCUT2D eigenvalue weighted by molar-refractivity contribution is -0.121. The van der Waals surface area contributed by atoms with Crippen molar-refractivity contribution in [3.63, 3.8) is 0 Å². The molecule has 30 heavy (non-hydrogen) atoms. The van der Waals surface area contributed by atoms with Crippen LogP contribution in [0.15, 0.2) is 17.6 Å². The number of hydrogen-bond acceptors (Lipinski definition) is 6. The fraction of sp³-hybridized carbons (Fsp3) is 0.500. The molecule has 9 nitrogen and oxygen atoms in total. The number of rotatable bonds is 4. The van der Waals surface area contributed by atoms with Gasteiger partial charge in [-0.2, -0.15) is 0 Å². The van der Waals surface area contributed by atoms with E-state index in [1.165, 1.54) is 18.4 Å². The number of piperidine rings is 1. The number of carbonyl (C=O) groups is 3. The van der Waals surface area contributed by atoms with E-state index in [4.69, 9.17) is 4.74 Å². The molecule has 160 valence electrons. The van der Waals surface area contributed by atoms with E-state index in [9.17, 15) is 14.4 Å². The number of esters is 1. The molecule has 4 rings (SSSR count). The van der Waals surface area contributed by atoms with Crippen LogP contribution in [-0.4, -0.2) is 71.0 Å². The molecule has 2 N–H and O–H groups in total. The monoisotopic (exact) mass is 431 g/mol. The molecule has 0 aromatic carbocycles. The molecule has 0 spiro atoms. The van der Waals surface area contributed by atoms with Gasteiger partial charge in [0.05, 0.1) is 18.7 Å². The van der Waals surface area contributed by atoms with Crippen LogP contribution in [0.5, 0.6) is 0 Å². The first-order chi connectivity index (χ1) is 14.5. The van der Waals surface area contributed by atoms with Crippen LogP contribution in [0, 0.1) is 5.92 Å². The summed E-state index contributed by atoms with van der Waals surface area (Å²) in [4.78, 5) is 48.0. The summed E-state index contributed by atoms with van der Waals surface area (Å²) in [5, 5.41) is 5.21. The molecule has 0 saturated carbocycles. The first kappa shape index (κ1) is 20.4. The van der Waals surface area contributed by atoms with Gasteiger partial charge in [0.1, 0.15) is 5.69 Å². The third-order valence-electron chi connectivity index (χ3n) is 5.56. The number of urea groups is 1. The summed E-state index contributed by atoms with van der Waals surface area (Å²) in [6, 6.07) is 1.71. The summed E-state index contributed by atoms with van der Waals surface area (Å²) < 4.78 is 4.69. The Balaban J connectivity index is 1.36. The number of methoxy groups -OCH3 is 1. The molecule has 0 bridgehead atoms. The van der Waals surface area contributed by atoms with Gasteiger partial charge in [-0.25, -0.2) is 14.6 Å². The minimum absolute atomic E-state index is 0.0513. The van der Waals surface area contributed by atoms with Crippen LogP contribution in [0.3, 0.4) is 0 Å². The Hall–Kier alpha value is -2.88. The number of carbonyl (C=O) groups excluding carboxylic acids is 3. The maximum absolute atomic E-state index is 12.8. The second-order valence-electron chi connectivity index (χ2n) is 7.58. The zero-order valence-electron chi connectivity index (χ0n) is 16.8. The van der Waals surface area contributed by atoms with E-state index < -0.39 is 5.97 Å². The maximum Gasteiger partial charge on any atom is 0.354 e. The van der Waals surface area contributed by atoms with Crippen molar-refractivity contribution in [2.45, 2.75) is 25.7 Å². The Morgan fingerprint density at radius 3 is 2.73 bits per heavy atom. The highest BCUT2D eigenvalue weighted by Crippen LogP contribution is 2.27. The van der Waals surface area contributed by atoms with Crippen molar-refractivity contribution in [2.24, 2.45) is 5.92 Å². The highest BCUT2D eigenvalue weighted by Gasteiger charge is 2.31. The number of thiazole rings is 1. The van der Waals surface area contributed by atoms with E-state index in [0.29, 0.717) is 29.6 Å². The largest absolute Gasteiger partial charge is 0.464 e. The molecule has 2 fully saturated rings. The lowest BCUT2D eigenvalue weighted by Crippen LogP contribution is -2.48. The molecule has 2 aromatic heterocycles. The normalized spacial score (nSPS) is 19.0. The topological polar surface area (TPSA) is 108 Å². The summed E-state index contributed by atoms with van der Waals surface area (Å²) in [5.74, 6) is -0.801.